The number of phenols is 1. The van der Waals surface area contributed by atoms with Crippen LogP contribution < -0.4 is 0 Å². The molecule has 90 valence electrons. The Bertz CT molecular complexity index is 293. The van der Waals surface area contributed by atoms with Gasteiger partial charge in [0.25, 0.3) is 0 Å². The molecule has 1 heteroatoms. The summed E-state index contributed by atoms with van der Waals surface area (Å²) in [6.45, 7) is 4.44. The predicted octanol–water partition coefficient (Wildman–Crippen LogP) is 4.86. The number of phenolic OH excluding ortho intramolecular Hbond substituents is 1. The summed E-state index contributed by atoms with van der Waals surface area (Å²) in [4.78, 5) is 0. The number of hydrogen-bond acceptors (Lipinski definition) is 1. The molecule has 1 aromatic carbocycles. The van der Waals surface area contributed by atoms with E-state index in [4.69, 9.17) is 0 Å². The lowest BCUT2D eigenvalue weighted by Crippen LogP contribution is -1.94. The van der Waals surface area contributed by atoms with E-state index in [0.717, 1.165) is 5.56 Å². The zero-order valence-corrected chi connectivity index (χ0v) is 10.6. The maximum absolute atomic E-state index is 9.72. The van der Waals surface area contributed by atoms with E-state index in [-0.39, 0.29) is 0 Å². The highest BCUT2D eigenvalue weighted by Gasteiger charge is 2.08. The second-order valence-corrected chi connectivity index (χ2v) is 4.66. The van der Waals surface area contributed by atoms with Gasteiger partial charge in [-0.2, -0.15) is 0 Å². The molecule has 1 rings (SSSR count). The Hall–Kier alpha value is -0.980. The maximum Gasteiger partial charge on any atom is 0.119 e. The number of rotatable bonds is 7. The van der Waals surface area contributed by atoms with Gasteiger partial charge in [0.15, 0.2) is 0 Å². The lowest BCUT2D eigenvalue weighted by molar-refractivity contribution is 0.457. The highest BCUT2D eigenvalue weighted by Crippen LogP contribution is 2.28. The average molecular weight is 220 g/mol. The number of para-hydroxylation sites is 1. The number of hydrogen-bond donors (Lipinski definition) is 1. The van der Waals surface area contributed by atoms with E-state index in [1.54, 1.807) is 6.07 Å². The van der Waals surface area contributed by atoms with Crippen molar-refractivity contribution < 1.29 is 5.11 Å². The van der Waals surface area contributed by atoms with Crippen molar-refractivity contribution in [2.24, 2.45) is 0 Å². The monoisotopic (exact) mass is 220 g/mol. The summed E-state index contributed by atoms with van der Waals surface area (Å²) in [5.41, 5.74) is 1.10. The summed E-state index contributed by atoms with van der Waals surface area (Å²) in [7, 11) is 0. The van der Waals surface area contributed by atoms with Gasteiger partial charge in [0.05, 0.1) is 0 Å². The molecule has 1 nitrogen and oxygen atoms in total. The van der Waals surface area contributed by atoms with Gasteiger partial charge in [0, 0.05) is 0 Å². The summed E-state index contributed by atoms with van der Waals surface area (Å²) < 4.78 is 0. The van der Waals surface area contributed by atoms with Crippen LogP contribution in [-0.4, -0.2) is 5.11 Å². The number of benzene rings is 1. The summed E-state index contributed by atoms with van der Waals surface area (Å²) in [5, 5.41) is 9.72. The summed E-state index contributed by atoms with van der Waals surface area (Å²) >= 11 is 0. The molecular formula is C15H24O. The molecule has 0 spiro atoms. The van der Waals surface area contributed by atoms with Crippen LogP contribution in [0.15, 0.2) is 24.3 Å². The summed E-state index contributed by atoms with van der Waals surface area (Å²) in [5.74, 6) is 0.923. The lowest BCUT2D eigenvalue weighted by Gasteiger charge is -2.13. The van der Waals surface area contributed by atoms with Crippen molar-refractivity contribution in [2.45, 2.75) is 58.3 Å². The van der Waals surface area contributed by atoms with Gasteiger partial charge in [-0.15, -0.1) is 0 Å². The minimum atomic E-state index is 0.448. The topological polar surface area (TPSA) is 20.2 Å². The largest absolute Gasteiger partial charge is 0.508 e. The van der Waals surface area contributed by atoms with E-state index in [9.17, 15) is 5.11 Å². The Kier molecular flexibility index (Phi) is 5.99. The third-order valence-corrected chi connectivity index (χ3v) is 3.21. The van der Waals surface area contributed by atoms with Crippen LogP contribution in [0.5, 0.6) is 5.75 Å². The average Bonchev–Trinajstić information content (AvgIpc) is 2.29. The van der Waals surface area contributed by atoms with Crippen molar-refractivity contribution in [1.82, 2.24) is 0 Å². The smallest absolute Gasteiger partial charge is 0.119 e. The molecule has 0 saturated heterocycles. The van der Waals surface area contributed by atoms with Gasteiger partial charge in [0.1, 0.15) is 5.75 Å². The first kappa shape index (κ1) is 13.1. The summed E-state index contributed by atoms with van der Waals surface area (Å²) in [6.07, 6.45) is 7.78. The van der Waals surface area contributed by atoms with Gasteiger partial charge in [-0.05, 0) is 24.0 Å². The molecule has 1 aromatic rings. The molecule has 0 fully saturated rings. The van der Waals surface area contributed by atoms with Gasteiger partial charge in [0.2, 0.25) is 0 Å². The first-order chi connectivity index (χ1) is 7.75. The highest BCUT2D eigenvalue weighted by atomic mass is 16.3. The van der Waals surface area contributed by atoms with Crippen LogP contribution in [0.25, 0.3) is 0 Å². The van der Waals surface area contributed by atoms with Gasteiger partial charge >= 0.3 is 0 Å². The SMILES string of the molecule is CCCCCCC[C@@H](C)c1ccccc1O. The van der Waals surface area contributed by atoms with Gasteiger partial charge in [-0.25, -0.2) is 0 Å². The van der Waals surface area contributed by atoms with Crippen molar-refractivity contribution in [3.63, 3.8) is 0 Å². The molecule has 0 amide bonds. The van der Waals surface area contributed by atoms with Crippen molar-refractivity contribution in [1.29, 1.82) is 0 Å². The van der Waals surface area contributed by atoms with Crippen LogP contribution >= 0.6 is 0 Å². The van der Waals surface area contributed by atoms with Gasteiger partial charge < -0.3 is 5.11 Å². The molecule has 0 heterocycles. The molecule has 16 heavy (non-hydrogen) atoms. The molecule has 1 N–H and O–H groups in total. The molecule has 1 atom stereocenters. The second-order valence-electron chi connectivity index (χ2n) is 4.66. The molecule has 0 saturated carbocycles. The van der Waals surface area contributed by atoms with Crippen LogP contribution in [0.4, 0.5) is 0 Å². The molecule has 0 bridgehead atoms. The zero-order chi connectivity index (χ0) is 11.8. The van der Waals surface area contributed by atoms with Crippen molar-refractivity contribution in [3.8, 4) is 5.75 Å². The third-order valence-electron chi connectivity index (χ3n) is 3.21. The first-order valence-electron chi connectivity index (χ1n) is 6.53. The standard InChI is InChI=1S/C15H24O/c1-3-4-5-6-7-10-13(2)14-11-8-9-12-15(14)16/h8-9,11-13,16H,3-7,10H2,1-2H3/t13-/m1/s1. The first-order valence-corrected chi connectivity index (χ1v) is 6.53. The summed E-state index contributed by atoms with van der Waals surface area (Å²) in [6, 6.07) is 7.70. The maximum atomic E-state index is 9.72. The fraction of sp³-hybridized carbons (Fsp3) is 0.600. The van der Waals surface area contributed by atoms with Crippen LogP contribution in [0, 0.1) is 0 Å². The number of unbranched alkanes of at least 4 members (excludes halogenated alkanes) is 4. The third kappa shape index (κ3) is 4.26. The Morgan fingerprint density at radius 2 is 1.75 bits per heavy atom. The van der Waals surface area contributed by atoms with Crippen molar-refractivity contribution >= 4 is 0 Å². The predicted molar refractivity (Wildman–Crippen MR) is 69.9 cm³/mol. The Morgan fingerprint density at radius 1 is 1.06 bits per heavy atom. The molecule has 0 aliphatic heterocycles. The minimum Gasteiger partial charge on any atom is -0.508 e. The minimum absolute atomic E-state index is 0.448. The van der Waals surface area contributed by atoms with Crippen LogP contribution in [-0.2, 0) is 0 Å². The molecular weight excluding hydrogens is 196 g/mol. The van der Waals surface area contributed by atoms with Gasteiger partial charge in [-0.3, -0.25) is 0 Å². The molecule has 0 aliphatic rings. The Labute approximate surface area is 99.5 Å². The van der Waals surface area contributed by atoms with E-state index < -0.39 is 0 Å². The van der Waals surface area contributed by atoms with E-state index in [1.807, 2.05) is 18.2 Å². The second kappa shape index (κ2) is 7.32. The van der Waals surface area contributed by atoms with E-state index in [2.05, 4.69) is 13.8 Å². The lowest BCUT2D eigenvalue weighted by atomic mass is 9.94. The van der Waals surface area contributed by atoms with E-state index >= 15 is 0 Å². The van der Waals surface area contributed by atoms with E-state index in [0.29, 0.717) is 11.7 Å². The normalized spacial score (nSPS) is 12.6. The fourth-order valence-corrected chi connectivity index (χ4v) is 2.11. The number of aromatic hydroxyl groups is 1. The Balaban J connectivity index is 2.30. The highest BCUT2D eigenvalue weighted by molar-refractivity contribution is 5.34. The van der Waals surface area contributed by atoms with Gasteiger partial charge in [-0.1, -0.05) is 64.2 Å². The zero-order valence-electron chi connectivity index (χ0n) is 10.6. The van der Waals surface area contributed by atoms with E-state index in [1.165, 1.54) is 38.5 Å². The van der Waals surface area contributed by atoms with Crippen molar-refractivity contribution in [3.05, 3.63) is 29.8 Å². The van der Waals surface area contributed by atoms with Crippen LogP contribution in [0.1, 0.15) is 63.9 Å². The molecule has 0 aromatic heterocycles. The molecule has 0 aliphatic carbocycles. The fourth-order valence-electron chi connectivity index (χ4n) is 2.11. The quantitative estimate of drug-likeness (QED) is 0.651. The Morgan fingerprint density at radius 3 is 2.44 bits per heavy atom. The van der Waals surface area contributed by atoms with Crippen molar-refractivity contribution in [2.75, 3.05) is 0 Å². The molecule has 0 unspecified atom stereocenters. The van der Waals surface area contributed by atoms with Crippen LogP contribution in [0.3, 0.4) is 0 Å². The van der Waals surface area contributed by atoms with Crippen LogP contribution in [0.2, 0.25) is 0 Å². The molecule has 0 radical (unpaired) electrons.